The third-order valence-electron chi connectivity index (χ3n) is 2.91. The third-order valence-corrected chi connectivity index (χ3v) is 4.39. The summed E-state index contributed by atoms with van der Waals surface area (Å²) >= 11 is 6.41. The summed E-state index contributed by atoms with van der Waals surface area (Å²) in [5.74, 6) is -0.0625. The predicted octanol–water partition coefficient (Wildman–Crippen LogP) is 2.70. The number of carbonyl (C=O) groups is 1. The van der Waals surface area contributed by atoms with Crippen LogP contribution in [0.3, 0.4) is 0 Å². The molecule has 1 aliphatic rings. The van der Waals surface area contributed by atoms with Crippen molar-refractivity contribution in [3.8, 4) is 5.69 Å². The van der Waals surface area contributed by atoms with E-state index in [1.54, 1.807) is 17.9 Å². The number of hydrogen-bond acceptors (Lipinski definition) is 4. The highest BCUT2D eigenvalue weighted by Crippen LogP contribution is 2.31. The second-order valence-corrected chi connectivity index (χ2v) is 5.97. The molecular formula is C14H11N3OS2. The van der Waals surface area contributed by atoms with Crippen molar-refractivity contribution in [3.05, 3.63) is 53.2 Å². The van der Waals surface area contributed by atoms with Gasteiger partial charge in [0.2, 0.25) is 0 Å². The molecular weight excluding hydrogens is 290 g/mol. The van der Waals surface area contributed by atoms with Crippen LogP contribution in [0.15, 0.2) is 47.6 Å². The van der Waals surface area contributed by atoms with E-state index in [0.29, 0.717) is 9.23 Å². The van der Waals surface area contributed by atoms with Crippen molar-refractivity contribution >= 4 is 40.3 Å². The fourth-order valence-electron chi connectivity index (χ4n) is 1.83. The molecule has 1 saturated heterocycles. The Balaban J connectivity index is 1.89. The third kappa shape index (κ3) is 2.39. The largest absolute Gasteiger partial charge is 0.296 e. The number of likely N-dealkylation sites (N-methyl/N-ethyl adjacent to an activating group) is 1. The molecule has 0 aliphatic carbocycles. The molecule has 4 nitrogen and oxygen atoms in total. The molecule has 0 saturated carbocycles. The lowest BCUT2D eigenvalue weighted by Crippen LogP contribution is -2.22. The van der Waals surface area contributed by atoms with E-state index in [-0.39, 0.29) is 5.91 Å². The van der Waals surface area contributed by atoms with Crippen LogP contribution in [0.5, 0.6) is 0 Å². The van der Waals surface area contributed by atoms with Gasteiger partial charge in [-0.3, -0.25) is 9.69 Å². The van der Waals surface area contributed by atoms with Gasteiger partial charge in [-0.1, -0.05) is 42.2 Å². The van der Waals surface area contributed by atoms with Crippen LogP contribution < -0.4 is 0 Å². The lowest BCUT2D eigenvalue weighted by Gasteiger charge is -2.03. The summed E-state index contributed by atoms with van der Waals surface area (Å²) in [5, 5.41) is 4.30. The number of nitrogens with zero attached hydrogens (tertiary/aromatic N) is 3. The lowest BCUT2D eigenvalue weighted by molar-refractivity contribution is -0.121. The van der Waals surface area contributed by atoms with Gasteiger partial charge in [-0.05, 0) is 18.2 Å². The predicted molar refractivity (Wildman–Crippen MR) is 84.5 cm³/mol. The molecule has 2 aromatic rings. The first-order chi connectivity index (χ1) is 9.65. The molecule has 0 N–H and O–H groups in total. The molecule has 1 aromatic carbocycles. The number of hydrogen-bond donors (Lipinski definition) is 0. The van der Waals surface area contributed by atoms with Gasteiger partial charge in [0.25, 0.3) is 5.91 Å². The maximum absolute atomic E-state index is 11.9. The van der Waals surface area contributed by atoms with Crippen LogP contribution in [-0.2, 0) is 4.79 Å². The Hall–Kier alpha value is -1.92. The van der Waals surface area contributed by atoms with Crippen LogP contribution in [0.1, 0.15) is 5.56 Å². The van der Waals surface area contributed by atoms with Gasteiger partial charge in [0, 0.05) is 18.8 Å². The first kappa shape index (κ1) is 13.1. The molecule has 0 spiro atoms. The number of aromatic nitrogens is 2. The van der Waals surface area contributed by atoms with Gasteiger partial charge in [-0.25, -0.2) is 4.68 Å². The van der Waals surface area contributed by atoms with E-state index in [2.05, 4.69) is 5.10 Å². The Kier molecular flexibility index (Phi) is 3.42. The first-order valence-electron chi connectivity index (χ1n) is 5.97. The minimum absolute atomic E-state index is 0.0625. The molecule has 3 rings (SSSR count). The average Bonchev–Trinajstić information content (AvgIpc) is 3.02. The molecule has 1 aromatic heterocycles. The van der Waals surface area contributed by atoms with E-state index >= 15 is 0 Å². The summed E-state index contributed by atoms with van der Waals surface area (Å²) in [6, 6.07) is 9.82. The Morgan fingerprint density at radius 3 is 2.70 bits per heavy atom. The lowest BCUT2D eigenvalue weighted by atomic mass is 10.3. The number of thiocarbonyl (C=S) groups is 1. The van der Waals surface area contributed by atoms with Crippen LogP contribution in [0.25, 0.3) is 11.8 Å². The molecule has 1 aliphatic heterocycles. The van der Waals surface area contributed by atoms with E-state index in [1.807, 2.05) is 42.6 Å². The monoisotopic (exact) mass is 301 g/mol. The van der Waals surface area contributed by atoms with E-state index < -0.39 is 0 Å². The van der Waals surface area contributed by atoms with Crippen LogP contribution in [0, 0.1) is 0 Å². The topological polar surface area (TPSA) is 38.1 Å². The molecule has 100 valence electrons. The van der Waals surface area contributed by atoms with Gasteiger partial charge < -0.3 is 0 Å². The normalized spacial score (nSPS) is 17.2. The fourth-order valence-corrected chi connectivity index (χ4v) is 3.01. The number of amides is 1. The van der Waals surface area contributed by atoms with Crippen molar-refractivity contribution in [2.45, 2.75) is 0 Å². The number of benzene rings is 1. The van der Waals surface area contributed by atoms with Crippen molar-refractivity contribution in [2.24, 2.45) is 0 Å². The van der Waals surface area contributed by atoms with Gasteiger partial charge in [0.15, 0.2) is 0 Å². The van der Waals surface area contributed by atoms with Crippen molar-refractivity contribution in [2.75, 3.05) is 7.05 Å². The van der Waals surface area contributed by atoms with Crippen molar-refractivity contribution in [3.63, 3.8) is 0 Å². The minimum atomic E-state index is -0.0625. The Labute approximate surface area is 126 Å². The zero-order valence-electron chi connectivity index (χ0n) is 10.7. The standard InChI is InChI=1S/C14H11N3OS2/c1-16-13(18)12(20-14(16)19)7-10-8-15-17(9-10)11-5-3-2-4-6-11/h2-9H,1H3. The molecule has 0 atom stereocenters. The highest BCUT2D eigenvalue weighted by Gasteiger charge is 2.28. The minimum Gasteiger partial charge on any atom is -0.296 e. The molecule has 1 fully saturated rings. The van der Waals surface area contributed by atoms with Gasteiger partial charge in [0.05, 0.1) is 16.8 Å². The number of rotatable bonds is 2. The first-order valence-corrected chi connectivity index (χ1v) is 7.19. The van der Waals surface area contributed by atoms with Crippen molar-refractivity contribution in [1.82, 2.24) is 14.7 Å². The Morgan fingerprint density at radius 2 is 2.05 bits per heavy atom. The molecule has 0 unspecified atom stereocenters. The van der Waals surface area contributed by atoms with Gasteiger partial charge in [-0.15, -0.1) is 0 Å². The Bertz CT molecular complexity index is 706. The zero-order valence-corrected chi connectivity index (χ0v) is 12.3. The maximum atomic E-state index is 11.9. The summed E-state index contributed by atoms with van der Waals surface area (Å²) in [5.41, 5.74) is 1.86. The van der Waals surface area contributed by atoms with Gasteiger partial charge in [-0.2, -0.15) is 5.10 Å². The number of carbonyl (C=O) groups excluding carboxylic acids is 1. The van der Waals surface area contributed by atoms with E-state index in [4.69, 9.17) is 12.2 Å². The fraction of sp³-hybridized carbons (Fsp3) is 0.0714. The zero-order chi connectivity index (χ0) is 14.1. The van der Waals surface area contributed by atoms with E-state index in [9.17, 15) is 4.79 Å². The van der Waals surface area contributed by atoms with Crippen molar-refractivity contribution in [1.29, 1.82) is 0 Å². The molecule has 2 heterocycles. The van der Waals surface area contributed by atoms with Crippen LogP contribution in [0.2, 0.25) is 0 Å². The highest BCUT2D eigenvalue weighted by molar-refractivity contribution is 8.26. The molecule has 0 bridgehead atoms. The summed E-state index contributed by atoms with van der Waals surface area (Å²) in [4.78, 5) is 14.0. The quantitative estimate of drug-likeness (QED) is 0.631. The maximum Gasteiger partial charge on any atom is 0.265 e. The average molecular weight is 301 g/mol. The van der Waals surface area contributed by atoms with Crippen LogP contribution in [0.4, 0.5) is 0 Å². The van der Waals surface area contributed by atoms with Crippen LogP contribution >= 0.6 is 24.0 Å². The summed E-state index contributed by atoms with van der Waals surface area (Å²) < 4.78 is 2.36. The van der Waals surface area contributed by atoms with Crippen molar-refractivity contribution < 1.29 is 4.79 Å². The highest BCUT2D eigenvalue weighted by atomic mass is 32.2. The smallest absolute Gasteiger partial charge is 0.265 e. The number of para-hydroxylation sites is 1. The molecule has 0 radical (unpaired) electrons. The molecule has 1 amide bonds. The van der Waals surface area contributed by atoms with Crippen LogP contribution in [-0.4, -0.2) is 32.0 Å². The van der Waals surface area contributed by atoms with Gasteiger partial charge >= 0.3 is 0 Å². The van der Waals surface area contributed by atoms with E-state index in [0.717, 1.165) is 11.3 Å². The molecule has 6 heteroatoms. The Morgan fingerprint density at radius 1 is 1.30 bits per heavy atom. The van der Waals surface area contributed by atoms with E-state index in [1.165, 1.54) is 16.7 Å². The number of thioether (sulfide) groups is 1. The SMILES string of the molecule is CN1C(=O)C(=Cc2cnn(-c3ccccc3)c2)SC1=S. The second-order valence-electron chi connectivity index (χ2n) is 4.29. The summed E-state index contributed by atoms with van der Waals surface area (Å²) in [7, 11) is 1.69. The summed E-state index contributed by atoms with van der Waals surface area (Å²) in [6.07, 6.45) is 5.43. The summed E-state index contributed by atoms with van der Waals surface area (Å²) in [6.45, 7) is 0. The second kappa shape index (κ2) is 5.22. The van der Waals surface area contributed by atoms with Gasteiger partial charge in [0.1, 0.15) is 4.32 Å². The molecule has 20 heavy (non-hydrogen) atoms.